The molecule has 0 heterocycles. The monoisotopic (exact) mass is 467 g/mol. The van der Waals surface area contributed by atoms with Gasteiger partial charge in [-0.15, -0.1) is 0 Å². The number of sulfonamides is 1. The second-order valence-electron chi connectivity index (χ2n) is 7.50. The van der Waals surface area contributed by atoms with Gasteiger partial charge in [0, 0.05) is 23.9 Å². The summed E-state index contributed by atoms with van der Waals surface area (Å²) in [5.41, 5.74) is 3.06. The van der Waals surface area contributed by atoms with Crippen LogP contribution < -0.4 is 20.1 Å². The van der Waals surface area contributed by atoms with Gasteiger partial charge in [-0.1, -0.05) is 23.8 Å². The van der Waals surface area contributed by atoms with Gasteiger partial charge in [0.15, 0.2) is 0 Å². The van der Waals surface area contributed by atoms with Crippen LogP contribution >= 0.6 is 0 Å². The minimum absolute atomic E-state index is 0.0347. The summed E-state index contributed by atoms with van der Waals surface area (Å²) >= 11 is 0. The molecule has 0 aliphatic carbocycles. The van der Waals surface area contributed by atoms with Gasteiger partial charge >= 0.3 is 0 Å². The number of carbonyl (C=O) groups is 2. The fourth-order valence-electron chi connectivity index (χ4n) is 3.12. The first-order valence-electron chi connectivity index (χ1n) is 10.1. The van der Waals surface area contributed by atoms with Gasteiger partial charge in [-0.3, -0.25) is 14.3 Å². The van der Waals surface area contributed by atoms with E-state index in [4.69, 9.17) is 4.74 Å². The van der Waals surface area contributed by atoms with E-state index in [0.717, 1.165) is 5.56 Å². The van der Waals surface area contributed by atoms with Crippen LogP contribution in [0.2, 0.25) is 0 Å². The van der Waals surface area contributed by atoms with E-state index in [-0.39, 0.29) is 16.4 Å². The third kappa shape index (κ3) is 5.89. The number of ether oxygens (including phenoxy) is 1. The molecule has 3 aromatic rings. The number of carbonyl (C=O) groups excluding carboxylic acids is 2. The first-order valence-corrected chi connectivity index (χ1v) is 11.5. The van der Waals surface area contributed by atoms with Crippen molar-refractivity contribution < 1.29 is 22.7 Å². The van der Waals surface area contributed by atoms with Crippen molar-refractivity contribution in [3.63, 3.8) is 0 Å². The number of nitrogens with one attached hydrogen (secondary N) is 3. The highest BCUT2D eigenvalue weighted by molar-refractivity contribution is 7.92. The van der Waals surface area contributed by atoms with Crippen molar-refractivity contribution in [2.75, 3.05) is 22.5 Å². The molecule has 0 saturated carbocycles. The molecule has 0 aliphatic heterocycles. The molecule has 0 aliphatic rings. The van der Waals surface area contributed by atoms with Crippen LogP contribution in [0, 0.1) is 13.8 Å². The van der Waals surface area contributed by atoms with E-state index in [0.29, 0.717) is 28.4 Å². The maximum Gasteiger partial charge on any atom is 0.261 e. The smallest absolute Gasteiger partial charge is 0.261 e. The Labute approximate surface area is 193 Å². The summed E-state index contributed by atoms with van der Waals surface area (Å²) in [5, 5.41) is 5.38. The minimum atomic E-state index is -3.90. The molecule has 0 radical (unpaired) electrons. The normalized spacial score (nSPS) is 10.9. The van der Waals surface area contributed by atoms with Crippen LogP contribution in [-0.2, 0) is 14.8 Å². The highest BCUT2D eigenvalue weighted by atomic mass is 32.2. The summed E-state index contributed by atoms with van der Waals surface area (Å²) in [6.07, 6.45) is 0. The van der Waals surface area contributed by atoms with Crippen LogP contribution in [0.5, 0.6) is 5.75 Å². The Balaban J connectivity index is 1.86. The fraction of sp³-hybridized carbons (Fsp3) is 0.167. The van der Waals surface area contributed by atoms with Crippen molar-refractivity contribution in [1.82, 2.24) is 0 Å². The lowest BCUT2D eigenvalue weighted by molar-refractivity contribution is -0.114. The van der Waals surface area contributed by atoms with Crippen molar-refractivity contribution in [2.45, 2.75) is 25.7 Å². The van der Waals surface area contributed by atoms with Gasteiger partial charge in [0.1, 0.15) is 5.75 Å². The molecule has 3 rings (SSSR count). The number of rotatable bonds is 7. The molecule has 0 bridgehead atoms. The molecule has 0 atom stereocenters. The third-order valence-corrected chi connectivity index (χ3v) is 6.21. The largest absolute Gasteiger partial charge is 0.495 e. The first-order chi connectivity index (χ1) is 15.6. The van der Waals surface area contributed by atoms with Crippen LogP contribution in [0.1, 0.15) is 28.4 Å². The lowest BCUT2D eigenvalue weighted by Gasteiger charge is -2.14. The quantitative estimate of drug-likeness (QED) is 0.479. The molecule has 0 aromatic heterocycles. The van der Waals surface area contributed by atoms with Gasteiger partial charge in [0.25, 0.3) is 15.9 Å². The summed E-state index contributed by atoms with van der Waals surface area (Å²) in [7, 11) is -2.42. The van der Waals surface area contributed by atoms with Crippen molar-refractivity contribution in [3.05, 3.63) is 77.4 Å². The minimum Gasteiger partial charge on any atom is -0.495 e. The highest BCUT2D eigenvalue weighted by Crippen LogP contribution is 2.28. The topological polar surface area (TPSA) is 114 Å². The Morgan fingerprint density at radius 1 is 0.848 bits per heavy atom. The highest BCUT2D eigenvalue weighted by Gasteiger charge is 2.19. The molecular weight excluding hydrogens is 442 g/mol. The third-order valence-electron chi connectivity index (χ3n) is 4.84. The molecule has 0 fully saturated rings. The summed E-state index contributed by atoms with van der Waals surface area (Å²) in [6.45, 7) is 4.99. The predicted molar refractivity (Wildman–Crippen MR) is 128 cm³/mol. The number of methoxy groups -OCH3 is 1. The van der Waals surface area contributed by atoms with Gasteiger partial charge in [-0.25, -0.2) is 8.42 Å². The number of benzene rings is 3. The van der Waals surface area contributed by atoms with Gasteiger partial charge in [-0.2, -0.15) is 0 Å². The van der Waals surface area contributed by atoms with Crippen LogP contribution in [0.3, 0.4) is 0 Å². The maximum absolute atomic E-state index is 13.0. The van der Waals surface area contributed by atoms with E-state index in [1.165, 1.54) is 26.2 Å². The second-order valence-corrected chi connectivity index (χ2v) is 9.18. The fourth-order valence-corrected chi connectivity index (χ4v) is 4.20. The Morgan fingerprint density at radius 3 is 2.15 bits per heavy atom. The van der Waals surface area contributed by atoms with E-state index in [1.807, 2.05) is 6.92 Å². The SMILES string of the molecule is COc1ccc(NC(=O)c2cc(S(=O)(=O)Nc3ccc(C)cc3)ccc2C)cc1NC(C)=O. The Hall–Kier alpha value is -3.85. The van der Waals surface area contributed by atoms with E-state index < -0.39 is 15.9 Å². The Morgan fingerprint density at radius 2 is 1.52 bits per heavy atom. The van der Waals surface area contributed by atoms with Crippen LogP contribution in [0.4, 0.5) is 17.1 Å². The summed E-state index contributed by atoms with van der Waals surface area (Å²) in [5.74, 6) is -0.333. The van der Waals surface area contributed by atoms with Gasteiger partial charge in [0.05, 0.1) is 17.7 Å². The first kappa shape index (κ1) is 23.8. The predicted octanol–water partition coefficient (Wildman–Crippen LogP) is 4.32. The zero-order valence-corrected chi connectivity index (χ0v) is 19.5. The second kappa shape index (κ2) is 9.74. The van der Waals surface area contributed by atoms with Crippen molar-refractivity contribution in [2.24, 2.45) is 0 Å². The number of amides is 2. The van der Waals surface area contributed by atoms with E-state index in [2.05, 4.69) is 15.4 Å². The number of hydrogen-bond acceptors (Lipinski definition) is 5. The van der Waals surface area contributed by atoms with Crippen LogP contribution in [0.25, 0.3) is 0 Å². The van der Waals surface area contributed by atoms with Crippen LogP contribution in [0.15, 0.2) is 65.6 Å². The molecular formula is C24H25N3O5S. The lowest BCUT2D eigenvalue weighted by atomic mass is 10.1. The van der Waals surface area contributed by atoms with Crippen molar-refractivity contribution >= 4 is 38.9 Å². The zero-order chi connectivity index (χ0) is 24.2. The molecule has 9 heteroatoms. The average Bonchev–Trinajstić information content (AvgIpc) is 2.75. The molecule has 0 saturated heterocycles. The lowest BCUT2D eigenvalue weighted by Crippen LogP contribution is -2.17. The molecule has 3 aromatic carbocycles. The van der Waals surface area contributed by atoms with E-state index >= 15 is 0 Å². The standard InChI is InChI=1S/C24H25N3O5S/c1-15-5-8-18(9-6-15)27-33(30,31)20-11-7-16(2)21(14-20)24(29)26-19-10-12-23(32-4)22(13-19)25-17(3)28/h5-14,27H,1-4H3,(H,25,28)(H,26,29). The molecule has 33 heavy (non-hydrogen) atoms. The van der Waals surface area contributed by atoms with Gasteiger partial charge < -0.3 is 15.4 Å². The molecule has 8 nitrogen and oxygen atoms in total. The molecule has 0 unspecified atom stereocenters. The number of anilines is 3. The van der Waals surface area contributed by atoms with E-state index in [9.17, 15) is 18.0 Å². The zero-order valence-electron chi connectivity index (χ0n) is 18.7. The van der Waals surface area contributed by atoms with Gasteiger partial charge in [-0.05, 0) is 61.9 Å². The molecule has 3 N–H and O–H groups in total. The molecule has 172 valence electrons. The molecule has 2 amide bonds. The number of aryl methyl sites for hydroxylation is 2. The summed E-state index contributed by atoms with van der Waals surface area (Å²) < 4.78 is 33.4. The van der Waals surface area contributed by atoms with Crippen molar-refractivity contribution in [3.8, 4) is 5.75 Å². The molecule has 0 spiro atoms. The summed E-state index contributed by atoms with van der Waals surface area (Å²) in [6, 6.07) is 16.1. The van der Waals surface area contributed by atoms with Crippen molar-refractivity contribution in [1.29, 1.82) is 0 Å². The Kier molecular flexibility index (Phi) is 7.03. The number of hydrogen-bond donors (Lipinski definition) is 3. The van der Waals surface area contributed by atoms with E-state index in [1.54, 1.807) is 55.5 Å². The van der Waals surface area contributed by atoms with Gasteiger partial charge in [0.2, 0.25) is 5.91 Å². The maximum atomic E-state index is 13.0. The van der Waals surface area contributed by atoms with Crippen LogP contribution in [-0.4, -0.2) is 27.3 Å². The summed E-state index contributed by atoms with van der Waals surface area (Å²) in [4.78, 5) is 24.4. The average molecular weight is 468 g/mol. The Bertz CT molecular complexity index is 1300.